The summed E-state index contributed by atoms with van der Waals surface area (Å²) in [6, 6.07) is 29.0. The van der Waals surface area contributed by atoms with E-state index in [4.69, 9.17) is 85.4 Å². The number of imidazole rings is 2. The van der Waals surface area contributed by atoms with Crippen LogP contribution in [-0.4, -0.2) is 196 Å². The Morgan fingerprint density at radius 2 is 0.930 bits per heavy atom. The highest BCUT2D eigenvalue weighted by Gasteiger charge is 2.53. The first kappa shape index (κ1) is 89.6. The van der Waals surface area contributed by atoms with Crippen molar-refractivity contribution in [3.63, 3.8) is 0 Å². The van der Waals surface area contributed by atoms with Crippen LogP contribution in [0.25, 0.3) is 56.0 Å². The first-order valence-electron chi connectivity index (χ1n) is 36.1. The highest BCUT2D eigenvalue weighted by Crippen LogP contribution is 2.41. The van der Waals surface area contributed by atoms with Crippen molar-refractivity contribution in [3.8, 4) is 45.7 Å². The van der Waals surface area contributed by atoms with Crippen LogP contribution in [-0.2, 0) is 70.6 Å². The number of aromatic nitrogens is 6. The fourth-order valence-corrected chi connectivity index (χ4v) is 16.5. The molecule has 2 N–H and O–H groups in total. The van der Waals surface area contributed by atoms with Crippen molar-refractivity contribution in [1.82, 2.24) is 29.1 Å². The van der Waals surface area contributed by atoms with Gasteiger partial charge in [0.25, 0.3) is 0 Å². The summed E-state index contributed by atoms with van der Waals surface area (Å²) in [5, 5.41) is 21.1. The van der Waals surface area contributed by atoms with E-state index < -0.39 is 132 Å². The van der Waals surface area contributed by atoms with Gasteiger partial charge in [-0.25, -0.2) is 44.7 Å². The lowest BCUT2D eigenvalue weighted by Gasteiger charge is -2.32. The molecule has 8 atom stereocenters. The zero-order valence-electron chi connectivity index (χ0n) is 64.9. The van der Waals surface area contributed by atoms with Gasteiger partial charge in [-0.05, 0) is 154 Å². The zero-order chi connectivity index (χ0) is 83.1. The van der Waals surface area contributed by atoms with Crippen LogP contribution in [0.4, 0.5) is 37.7 Å². The second-order valence-electron chi connectivity index (χ2n) is 31.7. The maximum atomic E-state index is 15.0. The van der Waals surface area contributed by atoms with Gasteiger partial charge in [0, 0.05) is 90.5 Å². The third-order valence-electron chi connectivity index (χ3n) is 19.1. The van der Waals surface area contributed by atoms with Crippen molar-refractivity contribution in [3.05, 3.63) is 155 Å². The minimum absolute atomic E-state index is 0.0210. The van der Waals surface area contributed by atoms with Gasteiger partial charge in [0.2, 0.25) is 0 Å². The number of nitrogens with zero attached hydrogens (tertiary/aromatic N) is 8. The van der Waals surface area contributed by atoms with E-state index in [2.05, 4.69) is 84.9 Å². The molecule has 616 valence electrons. The van der Waals surface area contributed by atoms with Crippen molar-refractivity contribution in [2.45, 2.75) is 153 Å². The maximum Gasteiger partial charge on any atom is 0.494 e. The number of aliphatic hydroxyl groups is 2. The van der Waals surface area contributed by atoms with Crippen molar-refractivity contribution >= 4 is 160 Å². The highest BCUT2D eigenvalue weighted by atomic mass is 127. The summed E-state index contributed by atoms with van der Waals surface area (Å²) in [6.45, 7) is 24.4. The Hall–Kier alpha value is -5.21. The van der Waals surface area contributed by atoms with Gasteiger partial charge in [0.1, 0.15) is 72.5 Å². The SMILES string of the molecule is CC1(C)OB(c2ccc(-c3nc4c(cc3Cl)nc(O[C@@H]3CO[C@H]5[C@@H]3OC[C@H]5O)n4COCC[Si](C)(C)C)cc2)OC1(C)C.CS(C)(=O)=Nc1ccc(Br)c(F)c1F.C[Si](C)(C)CCOCn1c(O[C@@H]2CO[C@H]3[C@@H]2OC[C@H]3O)nc2cc(Cl)c(-c3ccc(-c4ccc(N=S(C)(C)=O)c(F)c4F)cc3)nc21.Fc1c(Br)ccc(I)c1F. The lowest BCUT2D eigenvalue weighted by atomic mass is 9.79. The molecule has 5 saturated heterocycles. The van der Waals surface area contributed by atoms with E-state index in [1.807, 2.05) is 56.5 Å². The predicted octanol–water partition coefficient (Wildman–Crippen LogP) is 17.0. The summed E-state index contributed by atoms with van der Waals surface area (Å²) in [6.07, 6.45) is 1.46. The number of fused-ring (bicyclic) bond motifs is 4. The number of aliphatic hydroxyl groups excluding tert-OH is 2. The number of ether oxygens (including phenoxy) is 8. The van der Waals surface area contributed by atoms with Crippen molar-refractivity contribution < 1.29 is 92.2 Å². The van der Waals surface area contributed by atoms with Crippen LogP contribution in [0.2, 0.25) is 61.4 Å². The van der Waals surface area contributed by atoms with Crippen LogP contribution < -0.4 is 14.9 Å². The molecule has 5 aliphatic rings. The lowest BCUT2D eigenvalue weighted by molar-refractivity contribution is 0.00332. The molecule has 0 spiro atoms. The quantitative estimate of drug-likeness (QED) is 0.0180. The molecule has 0 amide bonds. The molecule has 5 aliphatic heterocycles. The Morgan fingerprint density at radius 1 is 0.544 bits per heavy atom. The van der Waals surface area contributed by atoms with E-state index in [9.17, 15) is 40.6 Å². The van der Waals surface area contributed by atoms with Crippen molar-refractivity contribution in [1.29, 1.82) is 0 Å². The molecular weight excluding hydrogens is 1850 g/mol. The van der Waals surface area contributed by atoms with Gasteiger partial charge in [-0.3, -0.25) is 9.13 Å². The number of pyridine rings is 2. The molecule has 38 heteroatoms. The first-order valence-corrected chi connectivity index (χ1v) is 51.6. The maximum absolute atomic E-state index is 15.0. The molecule has 0 radical (unpaired) electrons. The predicted molar refractivity (Wildman–Crippen MR) is 450 cm³/mol. The highest BCUT2D eigenvalue weighted by molar-refractivity contribution is 14.1. The van der Waals surface area contributed by atoms with Crippen LogP contribution in [0.15, 0.2) is 115 Å². The van der Waals surface area contributed by atoms with E-state index in [-0.39, 0.29) is 71.3 Å². The third-order valence-corrected chi connectivity index (χ3v) is 26.4. The Bertz CT molecular complexity index is 5240. The second kappa shape index (κ2) is 36.4. The third kappa shape index (κ3) is 21.7. The van der Waals surface area contributed by atoms with Gasteiger partial charge < -0.3 is 57.4 Å². The van der Waals surface area contributed by atoms with Crippen LogP contribution >= 0.6 is 77.7 Å². The van der Waals surface area contributed by atoms with Crippen LogP contribution in [0.1, 0.15) is 27.7 Å². The fraction of sp³-hybridized carbons (Fsp3) is 0.447. The van der Waals surface area contributed by atoms with Crippen molar-refractivity contribution in [2.24, 2.45) is 8.73 Å². The van der Waals surface area contributed by atoms with E-state index >= 15 is 4.39 Å². The van der Waals surface area contributed by atoms with Crippen molar-refractivity contribution in [2.75, 3.05) is 64.7 Å². The monoisotopic (exact) mass is 1940 g/mol. The number of halogens is 11. The van der Waals surface area contributed by atoms with E-state index in [1.54, 1.807) is 63.6 Å². The molecule has 5 fully saturated rings. The Kier molecular flexibility index (Phi) is 28.6. The summed E-state index contributed by atoms with van der Waals surface area (Å²) in [5.41, 5.74) is 4.76. The molecule has 0 aliphatic carbocycles. The topological polar surface area (TPSA) is 253 Å². The number of hydrogen-bond acceptors (Lipinski definition) is 20. The Morgan fingerprint density at radius 3 is 1.35 bits per heavy atom. The molecule has 0 unspecified atom stereocenters. The summed E-state index contributed by atoms with van der Waals surface area (Å²) >= 11 is 20.9. The molecule has 14 rings (SSSR count). The van der Waals surface area contributed by atoms with E-state index in [0.717, 1.165) is 23.1 Å². The van der Waals surface area contributed by atoms with Crippen LogP contribution in [0.3, 0.4) is 0 Å². The van der Waals surface area contributed by atoms with Gasteiger partial charge in [0.15, 0.2) is 58.4 Å². The average Bonchev–Trinajstić information content (AvgIpc) is 1.57. The molecule has 0 saturated carbocycles. The van der Waals surface area contributed by atoms with Crippen LogP contribution in [0.5, 0.6) is 12.0 Å². The van der Waals surface area contributed by atoms with Gasteiger partial charge >= 0.3 is 19.1 Å². The molecule has 0 bridgehead atoms. The first-order chi connectivity index (χ1) is 53.3. The molecule has 5 aromatic carbocycles. The molecule has 9 heterocycles. The minimum Gasteiger partial charge on any atom is -0.456 e. The number of rotatable bonds is 20. The molecular formula is C76H88BBr2Cl2F6IN8O14S2Si2. The lowest BCUT2D eigenvalue weighted by Crippen LogP contribution is -2.41. The Labute approximate surface area is 701 Å². The van der Waals surface area contributed by atoms with Gasteiger partial charge in [-0.1, -0.05) is 111 Å². The standard InChI is InChI=1S/C32H37ClF2N4O6SSi.C30H41BClN3O7Si.C8H8BrF2NOS.C6H2BrF2I/c1-46(2,41)38-22-11-10-20(26(34)27(22)35)18-6-8-19(9-7-18)28-21(33)14-23-31(37-28)39(17-42-12-13-47(3,4)5)32(36-23)45-25-16-44-29-24(40)15-43-30(25)29;1-29(2)30(3,4)42-31(41-29)19-10-8-18(9-11-19)24-20(32)14-21-27(34-24)35(17-37-12-13-43(5,6)7)28(33-21)40-23-16-39-25-22(36)15-38-26(23)25;1-14(2,13)12-6-4-3-5(9)7(10)8(6)11;7-3-1-2-4(10)6(9)5(3)8/h6-11,14,24-25,29-30,40H,12-13,15-17H2,1-5H3;8-11,14,22-23,25-26,36H,12-13,15-17H2,1-7H3;3-4H,1-2H3;1-2H/t24-,25-,29-,30-;22-,23-,25-,26-;;/m11../s1. The Balaban J connectivity index is 0.000000174. The summed E-state index contributed by atoms with van der Waals surface area (Å²) in [7, 11) is -8.21. The fourth-order valence-electron chi connectivity index (χ4n) is 12.2. The van der Waals surface area contributed by atoms with E-state index in [0.29, 0.717) is 84.3 Å². The molecule has 9 aromatic rings. The number of hydrogen-bond donors (Lipinski definition) is 2. The summed E-state index contributed by atoms with van der Waals surface area (Å²) < 4.78 is 176. The van der Waals surface area contributed by atoms with Crippen LogP contribution in [0, 0.1) is 38.5 Å². The summed E-state index contributed by atoms with van der Waals surface area (Å²) in [5.74, 6) is -5.97. The van der Waals surface area contributed by atoms with E-state index in [1.165, 1.54) is 61.4 Å². The molecule has 4 aromatic heterocycles. The summed E-state index contributed by atoms with van der Waals surface area (Å²) in [4.78, 5) is 19.3. The van der Waals surface area contributed by atoms with Gasteiger partial charge in [0.05, 0.1) is 71.6 Å². The second-order valence-corrected chi connectivity index (χ2v) is 51.8. The van der Waals surface area contributed by atoms with Gasteiger partial charge in [-0.2, -0.15) is 18.7 Å². The largest absolute Gasteiger partial charge is 0.494 e. The van der Waals surface area contributed by atoms with Gasteiger partial charge in [-0.15, -0.1) is 0 Å². The zero-order valence-corrected chi connectivity index (χ0v) is 75.3. The molecule has 114 heavy (non-hydrogen) atoms. The minimum atomic E-state index is -2.67. The molecule has 22 nitrogen and oxygen atoms in total. The number of benzene rings is 5. The average molecular weight is 1940 g/mol. The normalized spacial score (nSPS) is 21.1. The smallest absolute Gasteiger partial charge is 0.456 e.